The number of aromatic nitrogens is 2. The quantitative estimate of drug-likeness (QED) is 0.874. The molecule has 1 unspecified atom stereocenters. The second kappa shape index (κ2) is 6.00. The molecular formula is C13H22N4O. The lowest BCUT2D eigenvalue weighted by molar-refractivity contribution is 0.304. The first-order chi connectivity index (χ1) is 8.70. The lowest BCUT2D eigenvalue weighted by Crippen LogP contribution is -2.50. The predicted molar refractivity (Wildman–Crippen MR) is 72.2 cm³/mol. The van der Waals surface area contributed by atoms with Gasteiger partial charge in [0.2, 0.25) is 11.8 Å². The summed E-state index contributed by atoms with van der Waals surface area (Å²) in [6.07, 6.45) is 0.989. The number of nitrogens with one attached hydrogen (secondary N) is 1. The van der Waals surface area contributed by atoms with Gasteiger partial charge < -0.3 is 15.0 Å². The molecule has 0 aromatic carbocycles. The topological polar surface area (TPSA) is 50.3 Å². The van der Waals surface area contributed by atoms with Gasteiger partial charge in [-0.1, -0.05) is 6.92 Å². The van der Waals surface area contributed by atoms with Crippen LogP contribution in [0.2, 0.25) is 0 Å². The van der Waals surface area contributed by atoms with E-state index >= 15 is 0 Å². The van der Waals surface area contributed by atoms with Gasteiger partial charge in [-0.05, 0) is 20.3 Å². The third-order valence-electron chi connectivity index (χ3n) is 3.03. The molecule has 0 radical (unpaired) electrons. The third kappa shape index (κ3) is 3.10. The molecule has 0 saturated carbocycles. The molecule has 100 valence electrons. The van der Waals surface area contributed by atoms with E-state index in [9.17, 15) is 0 Å². The zero-order valence-corrected chi connectivity index (χ0v) is 11.4. The lowest BCUT2D eigenvalue weighted by atomic mass is 10.2. The number of aryl methyl sites for hydroxylation is 1. The highest BCUT2D eigenvalue weighted by atomic mass is 16.5. The molecule has 1 aromatic rings. The van der Waals surface area contributed by atoms with Crippen LogP contribution in [-0.4, -0.2) is 42.3 Å². The van der Waals surface area contributed by atoms with E-state index in [0.29, 0.717) is 18.5 Å². The summed E-state index contributed by atoms with van der Waals surface area (Å²) in [7, 11) is 0. The molecule has 18 heavy (non-hydrogen) atoms. The third-order valence-corrected chi connectivity index (χ3v) is 3.03. The monoisotopic (exact) mass is 250 g/mol. The van der Waals surface area contributed by atoms with Gasteiger partial charge in [0.15, 0.2) is 0 Å². The fraction of sp³-hybridized carbons (Fsp3) is 0.692. The zero-order valence-electron chi connectivity index (χ0n) is 11.4. The molecule has 1 saturated heterocycles. The van der Waals surface area contributed by atoms with Gasteiger partial charge in [-0.15, -0.1) is 0 Å². The number of nitrogens with zero attached hydrogens (tertiary/aromatic N) is 3. The summed E-state index contributed by atoms with van der Waals surface area (Å²) in [5, 5.41) is 3.37. The van der Waals surface area contributed by atoms with Crippen molar-refractivity contribution in [1.82, 2.24) is 15.3 Å². The molecule has 1 N–H and O–H groups in total. The van der Waals surface area contributed by atoms with Crippen LogP contribution < -0.4 is 15.0 Å². The average molecular weight is 250 g/mol. The molecule has 0 bridgehead atoms. The van der Waals surface area contributed by atoms with E-state index in [-0.39, 0.29) is 0 Å². The number of ether oxygens (including phenoxy) is 1. The second-order valence-electron chi connectivity index (χ2n) is 4.74. The van der Waals surface area contributed by atoms with Crippen LogP contribution in [0.4, 0.5) is 5.95 Å². The van der Waals surface area contributed by atoms with E-state index in [1.54, 1.807) is 0 Å². The van der Waals surface area contributed by atoms with Crippen molar-refractivity contribution < 1.29 is 4.74 Å². The Hall–Kier alpha value is -1.36. The maximum Gasteiger partial charge on any atom is 0.229 e. The molecule has 1 aliphatic heterocycles. The van der Waals surface area contributed by atoms with Crippen molar-refractivity contribution in [3.05, 3.63) is 11.8 Å². The SMILES string of the molecule is CCCOc1cc(C)nc(N2CCNCC2C)n1. The summed E-state index contributed by atoms with van der Waals surface area (Å²) in [5.41, 5.74) is 0.955. The Labute approximate surface area is 109 Å². The molecule has 1 aliphatic rings. The van der Waals surface area contributed by atoms with Gasteiger partial charge in [0, 0.05) is 37.4 Å². The summed E-state index contributed by atoms with van der Waals surface area (Å²) >= 11 is 0. The normalized spacial score (nSPS) is 19.9. The summed E-state index contributed by atoms with van der Waals surface area (Å²) in [6, 6.07) is 2.31. The molecule has 0 spiro atoms. The van der Waals surface area contributed by atoms with Crippen molar-refractivity contribution in [1.29, 1.82) is 0 Å². The molecule has 0 amide bonds. The summed E-state index contributed by atoms with van der Waals surface area (Å²) in [6.45, 7) is 9.86. The summed E-state index contributed by atoms with van der Waals surface area (Å²) in [4.78, 5) is 11.3. The van der Waals surface area contributed by atoms with Crippen LogP contribution in [0.15, 0.2) is 6.07 Å². The van der Waals surface area contributed by atoms with Crippen molar-refractivity contribution in [3.63, 3.8) is 0 Å². The minimum absolute atomic E-state index is 0.416. The summed E-state index contributed by atoms with van der Waals surface area (Å²) in [5.74, 6) is 1.47. The Balaban J connectivity index is 2.18. The Bertz CT molecular complexity index is 397. The van der Waals surface area contributed by atoms with E-state index in [2.05, 4.69) is 34.0 Å². The molecule has 5 nitrogen and oxygen atoms in total. The van der Waals surface area contributed by atoms with Crippen molar-refractivity contribution in [2.45, 2.75) is 33.2 Å². The first-order valence-corrected chi connectivity index (χ1v) is 6.66. The highest BCUT2D eigenvalue weighted by Gasteiger charge is 2.21. The molecule has 2 rings (SSSR count). The largest absolute Gasteiger partial charge is 0.478 e. The summed E-state index contributed by atoms with van der Waals surface area (Å²) < 4.78 is 5.61. The van der Waals surface area contributed by atoms with Crippen LogP contribution in [-0.2, 0) is 0 Å². The smallest absolute Gasteiger partial charge is 0.229 e. The molecule has 1 atom stereocenters. The average Bonchev–Trinajstić information content (AvgIpc) is 2.36. The van der Waals surface area contributed by atoms with Gasteiger partial charge in [-0.3, -0.25) is 0 Å². The lowest BCUT2D eigenvalue weighted by Gasteiger charge is -2.34. The molecule has 0 aliphatic carbocycles. The van der Waals surface area contributed by atoms with Gasteiger partial charge in [0.1, 0.15) is 0 Å². The predicted octanol–water partition coefficient (Wildman–Crippen LogP) is 1.37. The van der Waals surface area contributed by atoms with Gasteiger partial charge in [0.25, 0.3) is 0 Å². The first kappa shape index (κ1) is 13.1. The fourth-order valence-corrected chi connectivity index (χ4v) is 2.07. The standard InChI is InChI=1S/C13H22N4O/c1-4-7-18-12-8-10(2)15-13(16-12)17-6-5-14-9-11(17)3/h8,11,14H,4-7,9H2,1-3H3. The van der Waals surface area contributed by atoms with E-state index < -0.39 is 0 Å². The van der Waals surface area contributed by atoms with Crippen LogP contribution in [0.1, 0.15) is 26.0 Å². The fourth-order valence-electron chi connectivity index (χ4n) is 2.07. The van der Waals surface area contributed by atoms with Gasteiger partial charge in [-0.25, -0.2) is 4.98 Å². The Morgan fingerprint density at radius 2 is 2.33 bits per heavy atom. The maximum absolute atomic E-state index is 5.61. The first-order valence-electron chi connectivity index (χ1n) is 6.66. The molecule has 1 aromatic heterocycles. The Morgan fingerprint density at radius 1 is 1.50 bits per heavy atom. The number of hydrogen-bond acceptors (Lipinski definition) is 5. The number of anilines is 1. The Morgan fingerprint density at radius 3 is 3.06 bits per heavy atom. The Kier molecular flexibility index (Phi) is 4.36. The number of piperazine rings is 1. The van der Waals surface area contributed by atoms with Crippen molar-refractivity contribution in [2.75, 3.05) is 31.1 Å². The van der Waals surface area contributed by atoms with Crippen molar-refractivity contribution in [2.24, 2.45) is 0 Å². The van der Waals surface area contributed by atoms with Gasteiger partial charge in [-0.2, -0.15) is 4.98 Å². The van der Waals surface area contributed by atoms with Crippen LogP contribution in [0.3, 0.4) is 0 Å². The van der Waals surface area contributed by atoms with Crippen LogP contribution >= 0.6 is 0 Å². The van der Waals surface area contributed by atoms with Crippen LogP contribution in [0.25, 0.3) is 0 Å². The number of rotatable bonds is 4. The van der Waals surface area contributed by atoms with Gasteiger partial charge >= 0.3 is 0 Å². The van der Waals surface area contributed by atoms with Crippen LogP contribution in [0.5, 0.6) is 5.88 Å². The van der Waals surface area contributed by atoms with Crippen molar-refractivity contribution >= 4 is 5.95 Å². The van der Waals surface area contributed by atoms with Crippen molar-refractivity contribution in [3.8, 4) is 5.88 Å². The van der Waals surface area contributed by atoms with E-state index in [0.717, 1.165) is 37.7 Å². The van der Waals surface area contributed by atoms with E-state index in [1.807, 2.05) is 13.0 Å². The molecule has 5 heteroatoms. The second-order valence-corrected chi connectivity index (χ2v) is 4.74. The van der Waals surface area contributed by atoms with E-state index in [4.69, 9.17) is 4.74 Å². The minimum Gasteiger partial charge on any atom is -0.478 e. The van der Waals surface area contributed by atoms with E-state index in [1.165, 1.54) is 0 Å². The molecule has 2 heterocycles. The van der Waals surface area contributed by atoms with Crippen LogP contribution in [0, 0.1) is 6.92 Å². The molecular weight excluding hydrogens is 228 g/mol. The molecule has 1 fully saturated rings. The van der Waals surface area contributed by atoms with Gasteiger partial charge in [0.05, 0.1) is 6.61 Å². The zero-order chi connectivity index (χ0) is 13.0. The number of hydrogen-bond donors (Lipinski definition) is 1. The maximum atomic E-state index is 5.61. The highest BCUT2D eigenvalue weighted by Crippen LogP contribution is 2.18. The minimum atomic E-state index is 0.416. The highest BCUT2D eigenvalue weighted by molar-refractivity contribution is 5.36.